The molecule has 1 heterocycles. The molecule has 2 N–H and O–H groups in total. The highest BCUT2D eigenvalue weighted by atomic mass is 16.5. The highest BCUT2D eigenvalue weighted by Gasteiger charge is 2.32. The number of hydrogen-bond acceptors (Lipinski definition) is 3. The Balaban J connectivity index is 2.22. The Hall–Kier alpha value is -1.39. The van der Waals surface area contributed by atoms with Crippen molar-refractivity contribution in [3.8, 4) is 0 Å². The normalized spacial score (nSPS) is 24.6. The number of morpholine rings is 1. The van der Waals surface area contributed by atoms with Crippen LogP contribution in [0.4, 0.5) is 0 Å². The average molecular weight is 276 g/mol. The van der Waals surface area contributed by atoms with Crippen LogP contribution in [0, 0.1) is 13.8 Å². The quantitative estimate of drug-likeness (QED) is 0.898. The van der Waals surface area contributed by atoms with Gasteiger partial charge in [-0.3, -0.25) is 4.79 Å². The summed E-state index contributed by atoms with van der Waals surface area (Å²) in [5, 5.41) is 0. The minimum absolute atomic E-state index is 0.00361. The van der Waals surface area contributed by atoms with Gasteiger partial charge in [-0.15, -0.1) is 0 Å². The Morgan fingerprint density at radius 2 is 2.15 bits per heavy atom. The summed E-state index contributed by atoms with van der Waals surface area (Å²) in [7, 11) is 0. The summed E-state index contributed by atoms with van der Waals surface area (Å²) in [6.07, 6.45) is -0.0613. The lowest BCUT2D eigenvalue weighted by Crippen LogP contribution is -2.52. The molecule has 2 rings (SSSR count). The molecule has 1 aromatic carbocycles. The minimum atomic E-state index is -0.463. The Kier molecular flexibility index (Phi) is 4.45. The lowest BCUT2D eigenvalue weighted by Gasteiger charge is -2.39. The fourth-order valence-corrected chi connectivity index (χ4v) is 2.62. The van der Waals surface area contributed by atoms with Gasteiger partial charge in [0.15, 0.2) is 0 Å². The molecule has 0 unspecified atom stereocenters. The van der Waals surface area contributed by atoms with Crippen molar-refractivity contribution in [1.29, 1.82) is 0 Å². The fraction of sp³-hybridized carbons (Fsp3) is 0.562. The second kappa shape index (κ2) is 5.94. The zero-order chi connectivity index (χ0) is 14.9. The second-order valence-electron chi connectivity index (χ2n) is 5.81. The Morgan fingerprint density at radius 3 is 2.80 bits per heavy atom. The number of aryl methyl sites for hydroxylation is 2. The lowest BCUT2D eigenvalue weighted by atomic mass is 9.98. The van der Waals surface area contributed by atoms with Gasteiger partial charge in [0.05, 0.1) is 25.2 Å². The molecule has 0 aromatic heterocycles. The standard InChI is InChI=1S/C16H24N2O2/c1-10-5-6-11(2)14(7-10)15-8-18(12(3)9-20-15)16(19)13(4)17/h5-7,12-13,15H,8-9,17H2,1-4H3/t12-,13-,15+/m1/s1. The third kappa shape index (κ3) is 3.02. The molecule has 0 radical (unpaired) electrons. The van der Waals surface area contributed by atoms with E-state index < -0.39 is 6.04 Å². The number of rotatable bonds is 2. The van der Waals surface area contributed by atoms with Crippen LogP contribution in [-0.4, -0.2) is 36.0 Å². The number of nitrogens with two attached hydrogens (primary N) is 1. The highest BCUT2D eigenvalue weighted by molar-refractivity contribution is 5.81. The van der Waals surface area contributed by atoms with Gasteiger partial charge in [0, 0.05) is 0 Å². The van der Waals surface area contributed by atoms with Crippen molar-refractivity contribution in [1.82, 2.24) is 4.90 Å². The van der Waals surface area contributed by atoms with E-state index in [0.717, 1.165) is 0 Å². The van der Waals surface area contributed by atoms with Crippen molar-refractivity contribution >= 4 is 5.91 Å². The van der Waals surface area contributed by atoms with Gasteiger partial charge in [0.2, 0.25) is 5.91 Å². The van der Waals surface area contributed by atoms with E-state index >= 15 is 0 Å². The number of nitrogens with zero attached hydrogens (tertiary/aromatic N) is 1. The number of ether oxygens (including phenoxy) is 1. The van der Waals surface area contributed by atoms with Crippen LogP contribution in [0.1, 0.15) is 36.6 Å². The molecule has 0 spiro atoms. The van der Waals surface area contributed by atoms with Crippen LogP contribution >= 0.6 is 0 Å². The molecule has 110 valence electrons. The number of hydrogen-bond donors (Lipinski definition) is 1. The van der Waals surface area contributed by atoms with Crippen molar-refractivity contribution in [3.63, 3.8) is 0 Å². The van der Waals surface area contributed by atoms with Crippen molar-refractivity contribution in [2.75, 3.05) is 13.2 Å². The highest BCUT2D eigenvalue weighted by Crippen LogP contribution is 2.28. The van der Waals surface area contributed by atoms with E-state index in [2.05, 4.69) is 32.0 Å². The van der Waals surface area contributed by atoms with E-state index in [9.17, 15) is 4.79 Å². The van der Waals surface area contributed by atoms with Crippen molar-refractivity contribution in [2.24, 2.45) is 5.73 Å². The molecule has 3 atom stereocenters. The molecule has 20 heavy (non-hydrogen) atoms. The van der Waals surface area contributed by atoms with Crippen LogP contribution in [0.3, 0.4) is 0 Å². The molecular formula is C16H24N2O2. The van der Waals surface area contributed by atoms with E-state index in [-0.39, 0.29) is 18.1 Å². The number of benzene rings is 1. The molecule has 1 aromatic rings. The van der Waals surface area contributed by atoms with Crippen LogP contribution in [0.2, 0.25) is 0 Å². The lowest BCUT2D eigenvalue weighted by molar-refractivity contribution is -0.145. The molecule has 1 saturated heterocycles. The molecule has 1 fully saturated rings. The summed E-state index contributed by atoms with van der Waals surface area (Å²) in [6.45, 7) is 9.01. The minimum Gasteiger partial charge on any atom is -0.370 e. The number of carbonyl (C=O) groups excluding carboxylic acids is 1. The summed E-state index contributed by atoms with van der Waals surface area (Å²) in [5.74, 6) is -0.00361. The summed E-state index contributed by atoms with van der Waals surface area (Å²) in [6, 6.07) is 5.95. The van der Waals surface area contributed by atoms with E-state index in [0.29, 0.717) is 13.2 Å². The van der Waals surface area contributed by atoms with Gasteiger partial charge >= 0.3 is 0 Å². The van der Waals surface area contributed by atoms with Crippen LogP contribution in [0.25, 0.3) is 0 Å². The zero-order valence-corrected chi connectivity index (χ0v) is 12.7. The summed E-state index contributed by atoms with van der Waals surface area (Å²) in [4.78, 5) is 14.0. The van der Waals surface area contributed by atoms with Gasteiger partial charge in [-0.25, -0.2) is 0 Å². The Labute approximate surface area is 120 Å². The maximum Gasteiger partial charge on any atom is 0.239 e. The molecular weight excluding hydrogens is 252 g/mol. The Bertz CT molecular complexity index is 499. The maximum absolute atomic E-state index is 12.2. The van der Waals surface area contributed by atoms with Crippen molar-refractivity contribution < 1.29 is 9.53 Å². The van der Waals surface area contributed by atoms with Crippen LogP contribution in [0.15, 0.2) is 18.2 Å². The fourth-order valence-electron chi connectivity index (χ4n) is 2.62. The molecule has 4 nitrogen and oxygen atoms in total. The molecule has 1 aliphatic rings. The number of carbonyl (C=O) groups is 1. The van der Waals surface area contributed by atoms with Crippen molar-refractivity contribution in [3.05, 3.63) is 34.9 Å². The van der Waals surface area contributed by atoms with Crippen molar-refractivity contribution in [2.45, 2.75) is 45.9 Å². The van der Waals surface area contributed by atoms with Crippen LogP contribution in [0.5, 0.6) is 0 Å². The van der Waals surface area contributed by atoms with E-state index in [4.69, 9.17) is 10.5 Å². The predicted molar refractivity (Wildman–Crippen MR) is 79.4 cm³/mol. The smallest absolute Gasteiger partial charge is 0.239 e. The van der Waals surface area contributed by atoms with Gasteiger partial charge in [0.1, 0.15) is 6.10 Å². The second-order valence-corrected chi connectivity index (χ2v) is 5.81. The van der Waals surface area contributed by atoms with Gasteiger partial charge in [-0.1, -0.05) is 23.8 Å². The van der Waals surface area contributed by atoms with Crippen LogP contribution in [-0.2, 0) is 9.53 Å². The summed E-state index contributed by atoms with van der Waals surface area (Å²) >= 11 is 0. The van der Waals surface area contributed by atoms with E-state index in [1.54, 1.807) is 6.92 Å². The summed E-state index contributed by atoms with van der Waals surface area (Å²) < 4.78 is 5.94. The first-order valence-corrected chi connectivity index (χ1v) is 7.15. The Morgan fingerprint density at radius 1 is 1.45 bits per heavy atom. The first kappa shape index (κ1) is 15.0. The number of amides is 1. The SMILES string of the molecule is Cc1ccc(C)c([C@@H]2CN(C(=O)[C@@H](C)N)[C@H](C)CO2)c1. The molecule has 0 aliphatic carbocycles. The van der Waals surface area contributed by atoms with Gasteiger partial charge in [-0.05, 0) is 38.8 Å². The first-order chi connectivity index (χ1) is 9.40. The monoisotopic (exact) mass is 276 g/mol. The van der Waals surface area contributed by atoms with Gasteiger partial charge in [0.25, 0.3) is 0 Å². The first-order valence-electron chi connectivity index (χ1n) is 7.15. The third-order valence-corrected chi connectivity index (χ3v) is 3.89. The van der Waals surface area contributed by atoms with E-state index in [1.807, 2.05) is 11.8 Å². The maximum atomic E-state index is 12.2. The molecule has 0 saturated carbocycles. The topological polar surface area (TPSA) is 55.6 Å². The van der Waals surface area contributed by atoms with E-state index in [1.165, 1.54) is 16.7 Å². The molecule has 4 heteroatoms. The summed E-state index contributed by atoms with van der Waals surface area (Å²) in [5.41, 5.74) is 9.31. The third-order valence-electron chi connectivity index (χ3n) is 3.89. The molecule has 1 aliphatic heterocycles. The van der Waals surface area contributed by atoms with Gasteiger partial charge < -0.3 is 15.4 Å². The molecule has 1 amide bonds. The predicted octanol–water partition coefficient (Wildman–Crippen LogP) is 1.94. The van der Waals surface area contributed by atoms with Crippen LogP contribution < -0.4 is 5.73 Å². The largest absolute Gasteiger partial charge is 0.370 e. The molecule has 0 bridgehead atoms. The average Bonchev–Trinajstić information content (AvgIpc) is 2.41. The van der Waals surface area contributed by atoms with Gasteiger partial charge in [-0.2, -0.15) is 0 Å². The zero-order valence-electron chi connectivity index (χ0n) is 12.7.